The van der Waals surface area contributed by atoms with Crippen LogP contribution in [0.5, 0.6) is 5.75 Å². The molecule has 0 unspecified atom stereocenters. The first-order valence-corrected chi connectivity index (χ1v) is 8.54. The molecule has 116 valence electrons. The van der Waals surface area contributed by atoms with E-state index in [9.17, 15) is 13.2 Å². The lowest BCUT2D eigenvalue weighted by Gasteiger charge is -2.10. The molecule has 0 spiro atoms. The third-order valence-electron chi connectivity index (χ3n) is 2.95. The monoisotopic (exact) mass is 339 g/mol. The molecule has 0 atom stereocenters. The van der Waals surface area contributed by atoms with Crippen LogP contribution in [0.1, 0.15) is 10.4 Å². The molecular weight excluding hydrogens is 326 g/mol. The number of benzene rings is 2. The minimum atomic E-state index is -3.51. The zero-order valence-corrected chi connectivity index (χ0v) is 13.5. The van der Waals surface area contributed by atoms with E-state index < -0.39 is 15.7 Å². The Morgan fingerprint density at radius 1 is 1.18 bits per heavy atom. The van der Waals surface area contributed by atoms with E-state index in [1.54, 1.807) is 24.3 Å². The summed E-state index contributed by atoms with van der Waals surface area (Å²) >= 11 is 5.86. The second-order valence-electron chi connectivity index (χ2n) is 4.57. The van der Waals surface area contributed by atoms with Gasteiger partial charge in [0.15, 0.2) is 9.84 Å². The Labute approximate surface area is 133 Å². The third kappa shape index (κ3) is 3.58. The highest BCUT2D eigenvalue weighted by Crippen LogP contribution is 2.26. The second kappa shape index (κ2) is 6.37. The number of methoxy groups -OCH3 is 1. The number of rotatable bonds is 4. The van der Waals surface area contributed by atoms with E-state index in [0.29, 0.717) is 11.4 Å². The molecule has 0 fully saturated rings. The first kappa shape index (κ1) is 16.3. The number of amides is 1. The van der Waals surface area contributed by atoms with Crippen molar-refractivity contribution in [2.45, 2.75) is 4.90 Å². The fourth-order valence-electron chi connectivity index (χ4n) is 1.87. The summed E-state index contributed by atoms with van der Waals surface area (Å²) in [7, 11) is -2.02. The van der Waals surface area contributed by atoms with E-state index in [-0.39, 0.29) is 15.5 Å². The molecule has 0 bridgehead atoms. The van der Waals surface area contributed by atoms with Gasteiger partial charge in [-0.3, -0.25) is 4.79 Å². The van der Waals surface area contributed by atoms with Gasteiger partial charge in [0.2, 0.25) is 0 Å². The number of carbonyl (C=O) groups is 1. The number of carbonyl (C=O) groups excluding carboxylic acids is 1. The molecule has 7 heteroatoms. The van der Waals surface area contributed by atoms with Crippen LogP contribution < -0.4 is 10.1 Å². The molecular formula is C15H14ClNO4S. The van der Waals surface area contributed by atoms with E-state index >= 15 is 0 Å². The first-order chi connectivity index (χ1) is 10.3. The van der Waals surface area contributed by atoms with Gasteiger partial charge in [0.05, 0.1) is 22.7 Å². The Hall–Kier alpha value is -2.05. The minimum absolute atomic E-state index is 0.0799. The summed E-state index contributed by atoms with van der Waals surface area (Å²) in [4.78, 5) is 12.2. The lowest BCUT2D eigenvalue weighted by atomic mass is 10.2. The molecule has 0 saturated heterocycles. The van der Waals surface area contributed by atoms with Gasteiger partial charge < -0.3 is 10.1 Å². The predicted molar refractivity (Wildman–Crippen MR) is 85.5 cm³/mol. The van der Waals surface area contributed by atoms with Crippen LogP contribution >= 0.6 is 11.6 Å². The number of hydrogen-bond acceptors (Lipinski definition) is 4. The van der Waals surface area contributed by atoms with E-state index in [2.05, 4.69) is 5.32 Å². The Bertz CT molecular complexity index is 818. The van der Waals surface area contributed by atoms with Crippen LogP contribution in [0.25, 0.3) is 0 Å². The van der Waals surface area contributed by atoms with Crippen molar-refractivity contribution in [2.24, 2.45) is 0 Å². The lowest BCUT2D eigenvalue weighted by Crippen LogP contribution is -2.13. The predicted octanol–water partition coefficient (Wildman–Crippen LogP) is 3.00. The van der Waals surface area contributed by atoms with Gasteiger partial charge in [0.25, 0.3) is 5.91 Å². The number of nitrogens with one attached hydrogen (secondary N) is 1. The highest BCUT2D eigenvalue weighted by Gasteiger charge is 2.16. The number of sulfone groups is 1. The molecule has 0 heterocycles. The van der Waals surface area contributed by atoms with E-state index in [1.165, 1.54) is 25.3 Å². The van der Waals surface area contributed by atoms with E-state index in [1.807, 2.05) is 0 Å². The Morgan fingerprint density at radius 3 is 2.50 bits per heavy atom. The van der Waals surface area contributed by atoms with Crippen LogP contribution in [0.4, 0.5) is 5.69 Å². The lowest BCUT2D eigenvalue weighted by molar-refractivity contribution is 0.102. The zero-order chi connectivity index (χ0) is 16.3. The van der Waals surface area contributed by atoms with Crippen molar-refractivity contribution >= 4 is 33.0 Å². The maximum absolute atomic E-state index is 12.3. The maximum Gasteiger partial charge on any atom is 0.255 e. The quantitative estimate of drug-likeness (QED) is 0.929. The largest absolute Gasteiger partial charge is 0.495 e. The van der Waals surface area contributed by atoms with Crippen molar-refractivity contribution in [2.75, 3.05) is 18.7 Å². The molecule has 0 radical (unpaired) electrons. The number of hydrogen-bond donors (Lipinski definition) is 1. The summed E-state index contributed by atoms with van der Waals surface area (Å²) in [6.45, 7) is 0. The fraction of sp³-hybridized carbons (Fsp3) is 0.133. The Morgan fingerprint density at radius 2 is 1.86 bits per heavy atom. The van der Waals surface area contributed by atoms with Gasteiger partial charge in [-0.15, -0.1) is 0 Å². The number of ether oxygens (including phenoxy) is 1. The number of anilines is 1. The standard InChI is InChI=1S/C15H14ClNO4S/c1-21-13-6-4-3-5-12(13)17-15(18)10-7-8-11(16)14(9-10)22(2,19)20/h3-9H,1-2H3,(H,17,18). The summed E-state index contributed by atoms with van der Waals surface area (Å²) in [5, 5.41) is 2.75. The molecule has 2 aromatic carbocycles. The molecule has 0 aliphatic rings. The molecule has 22 heavy (non-hydrogen) atoms. The minimum Gasteiger partial charge on any atom is -0.495 e. The van der Waals surface area contributed by atoms with Crippen molar-refractivity contribution in [1.29, 1.82) is 0 Å². The SMILES string of the molecule is COc1ccccc1NC(=O)c1ccc(Cl)c(S(C)(=O)=O)c1. The van der Waals surface area contributed by atoms with Crippen molar-refractivity contribution < 1.29 is 17.9 Å². The van der Waals surface area contributed by atoms with E-state index in [4.69, 9.17) is 16.3 Å². The van der Waals surface area contributed by atoms with Gasteiger partial charge >= 0.3 is 0 Å². The molecule has 1 N–H and O–H groups in total. The van der Waals surface area contributed by atoms with Gasteiger partial charge in [-0.05, 0) is 30.3 Å². The molecule has 0 aliphatic heterocycles. The summed E-state index contributed by atoms with van der Waals surface area (Å²) in [5.74, 6) is 0.0548. The highest BCUT2D eigenvalue weighted by atomic mass is 35.5. The van der Waals surface area contributed by atoms with Gasteiger partial charge in [0, 0.05) is 11.8 Å². The topological polar surface area (TPSA) is 72.5 Å². The molecule has 0 aliphatic carbocycles. The fourth-order valence-corrected chi connectivity index (χ4v) is 3.17. The smallest absolute Gasteiger partial charge is 0.255 e. The average Bonchev–Trinajstić information content (AvgIpc) is 2.47. The normalized spacial score (nSPS) is 11.0. The van der Waals surface area contributed by atoms with Gasteiger partial charge in [0.1, 0.15) is 5.75 Å². The molecule has 0 saturated carbocycles. The van der Waals surface area contributed by atoms with Crippen molar-refractivity contribution in [1.82, 2.24) is 0 Å². The molecule has 1 amide bonds. The summed E-state index contributed by atoms with van der Waals surface area (Å²) in [5.41, 5.74) is 0.682. The van der Waals surface area contributed by atoms with Gasteiger partial charge in [-0.1, -0.05) is 23.7 Å². The third-order valence-corrected chi connectivity index (χ3v) is 4.53. The van der Waals surface area contributed by atoms with Crippen LogP contribution in [-0.4, -0.2) is 27.7 Å². The number of para-hydroxylation sites is 2. The zero-order valence-electron chi connectivity index (χ0n) is 12.0. The van der Waals surface area contributed by atoms with Crippen LogP contribution in [0.15, 0.2) is 47.4 Å². The van der Waals surface area contributed by atoms with Crippen LogP contribution in [0.2, 0.25) is 5.02 Å². The van der Waals surface area contributed by atoms with Gasteiger partial charge in [-0.25, -0.2) is 8.42 Å². The van der Waals surface area contributed by atoms with Gasteiger partial charge in [-0.2, -0.15) is 0 Å². The van der Waals surface area contributed by atoms with Crippen LogP contribution in [0, 0.1) is 0 Å². The van der Waals surface area contributed by atoms with Crippen molar-refractivity contribution in [3.63, 3.8) is 0 Å². The van der Waals surface area contributed by atoms with Crippen LogP contribution in [0.3, 0.4) is 0 Å². The molecule has 0 aromatic heterocycles. The second-order valence-corrected chi connectivity index (χ2v) is 6.96. The Balaban J connectivity index is 2.35. The Kier molecular flexibility index (Phi) is 4.73. The summed E-state index contributed by atoms with van der Waals surface area (Å²) in [6, 6.07) is 11.0. The summed E-state index contributed by atoms with van der Waals surface area (Å²) < 4.78 is 28.4. The first-order valence-electron chi connectivity index (χ1n) is 6.27. The molecule has 5 nitrogen and oxygen atoms in total. The highest BCUT2D eigenvalue weighted by molar-refractivity contribution is 7.90. The molecule has 2 rings (SSSR count). The maximum atomic E-state index is 12.3. The average molecular weight is 340 g/mol. The van der Waals surface area contributed by atoms with E-state index in [0.717, 1.165) is 6.26 Å². The molecule has 2 aromatic rings. The number of halogens is 1. The van der Waals surface area contributed by atoms with Crippen molar-refractivity contribution in [3.05, 3.63) is 53.1 Å². The summed E-state index contributed by atoms with van der Waals surface area (Å²) in [6.07, 6.45) is 1.04. The van der Waals surface area contributed by atoms with Crippen molar-refractivity contribution in [3.8, 4) is 5.75 Å². The van der Waals surface area contributed by atoms with Crippen LogP contribution in [-0.2, 0) is 9.84 Å².